The van der Waals surface area contributed by atoms with Crippen molar-refractivity contribution in [3.05, 3.63) is 101 Å². The molecule has 3 aromatic carbocycles. The van der Waals surface area contributed by atoms with Crippen molar-refractivity contribution in [3.8, 4) is 5.75 Å². The van der Waals surface area contributed by atoms with Crippen molar-refractivity contribution in [2.24, 2.45) is 0 Å². The summed E-state index contributed by atoms with van der Waals surface area (Å²) in [5.41, 5.74) is 4.35. The van der Waals surface area contributed by atoms with Crippen LogP contribution in [0.3, 0.4) is 0 Å². The zero-order valence-electron chi connectivity index (χ0n) is 22.4. The monoisotopic (exact) mass is 500 g/mol. The van der Waals surface area contributed by atoms with Gasteiger partial charge in [0.1, 0.15) is 11.8 Å². The number of unbranched alkanes of at least 4 members (excludes halogenated alkanes) is 1. The molecule has 0 aliphatic carbocycles. The van der Waals surface area contributed by atoms with E-state index in [1.807, 2.05) is 86.6 Å². The maximum atomic E-state index is 13.6. The highest BCUT2D eigenvalue weighted by molar-refractivity contribution is 5.88. The molecule has 0 saturated heterocycles. The molecule has 1 N–H and O–H groups in total. The third kappa shape index (κ3) is 9.41. The summed E-state index contributed by atoms with van der Waals surface area (Å²) >= 11 is 0. The number of amides is 2. The molecule has 0 aliphatic heterocycles. The molecule has 1 unspecified atom stereocenters. The van der Waals surface area contributed by atoms with Gasteiger partial charge in [-0.1, -0.05) is 91.2 Å². The first-order valence-corrected chi connectivity index (χ1v) is 13.3. The van der Waals surface area contributed by atoms with E-state index >= 15 is 0 Å². The predicted molar refractivity (Wildman–Crippen MR) is 149 cm³/mol. The zero-order valence-corrected chi connectivity index (χ0v) is 22.4. The Kier molecular flexibility index (Phi) is 11.2. The number of benzene rings is 3. The van der Waals surface area contributed by atoms with Gasteiger partial charge < -0.3 is 15.0 Å². The smallest absolute Gasteiger partial charge is 0.243 e. The van der Waals surface area contributed by atoms with Crippen LogP contribution in [0.4, 0.5) is 0 Å². The van der Waals surface area contributed by atoms with Crippen molar-refractivity contribution in [3.63, 3.8) is 0 Å². The van der Waals surface area contributed by atoms with E-state index in [9.17, 15) is 9.59 Å². The molecule has 0 aromatic heterocycles. The zero-order chi connectivity index (χ0) is 26.5. The molecule has 0 radical (unpaired) electrons. The van der Waals surface area contributed by atoms with E-state index < -0.39 is 6.04 Å². The number of carbonyl (C=O) groups is 2. The summed E-state index contributed by atoms with van der Waals surface area (Å²) in [6.07, 6.45) is 3.26. The summed E-state index contributed by atoms with van der Waals surface area (Å²) in [7, 11) is 0. The molecule has 0 heterocycles. The van der Waals surface area contributed by atoms with Gasteiger partial charge in [-0.15, -0.1) is 0 Å². The molecule has 0 saturated carbocycles. The number of rotatable bonds is 14. The van der Waals surface area contributed by atoms with Crippen LogP contribution in [-0.2, 0) is 22.6 Å². The fraction of sp³-hybridized carbons (Fsp3) is 0.375. The van der Waals surface area contributed by atoms with E-state index in [0.29, 0.717) is 39.0 Å². The number of hydrogen-bond acceptors (Lipinski definition) is 3. The fourth-order valence-corrected chi connectivity index (χ4v) is 4.26. The highest BCUT2D eigenvalue weighted by Gasteiger charge is 2.30. The summed E-state index contributed by atoms with van der Waals surface area (Å²) in [4.78, 5) is 28.8. The van der Waals surface area contributed by atoms with E-state index in [2.05, 4.69) is 18.3 Å². The Bertz CT molecular complexity index is 1110. The van der Waals surface area contributed by atoms with Crippen LogP contribution in [0.15, 0.2) is 78.9 Å². The van der Waals surface area contributed by atoms with Gasteiger partial charge in [0.15, 0.2) is 0 Å². The summed E-state index contributed by atoms with van der Waals surface area (Å²) < 4.78 is 5.84. The third-order valence-corrected chi connectivity index (χ3v) is 6.36. The van der Waals surface area contributed by atoms with Crippen molar-refractivity contribution >= 4 is 11.8 Å². The van der Waals surface area contributed by atoms with E-state index in [-0.39, 0.29) is 11.8 Å². The second kappa shape index (κ2) is 14.8. The number of ether oxygens (including phenoxy) is 1. The summed E-state index contributed by atoms with van der Waals surface area (Å²) in [5.74, 6) is 0.654. The lowest BCUT2D eigenvalue weighted by atomic mass is 10.0. The average Bonchev–Trinajstić information content (AvgIpc) is 2.90. The van der Waals surface area contributed by atoms with Crippen LogP contribution in [0, 0.1) is 13.8 Å². The van der Waals surface area contributed by atoms with Gasteiger partial charge in [-0.05, 0) is 49.9 Å². The maximum absolute atomic E-state index is 13.6. The summed E-state index contributed by atoms with van der Waals surface area (Å²) in [5, 5.41) is 3.07. The Labute approximate surface area is 221 Å². The minimum Gasteiger partial charge on any atom is -0.494 e. The molecule has 0 spiro atoms. The second-order valence-electron chi connectivity index (χ2n) is 9.63. The molecule has 5 nitrogen and oxygen atoms in total. The van der Waals surface area contributed by atoms with Crippen LogP contribution in [-0.4, -0.2) is 35.9 Å². The lowest BCUT2D eigenvalue weighted by Gasteiger charge is -2.32. The second-order valence-corrected chi connectivity index (χ2v) is 9.63. The van der Waals surface area contributed by atoms with Gasteiger partial charge >= 0.3 is 0 Å². The number of aryl methyl sites for hydroxylation is 2. The normalized spacial score (nSPS) is 11.5. The highest BCUT2D eigenvalue weighted by Crippen LogP contribution is 2.18. The minimum atomic E-state index is -0.592. The van der Waals surface area contributed by atoms with Gasteiger partial charge in [-0.25, -0.2) is 0 Å². The fourth-order valence-electron chi connectivity index (χ4n) is 4.26. The first kappa shape index (κ1) is 28.0. The van der Waals surface area contributed by atoms with Crippen molar-refractivity contribution < 1.29 is 14.3 Å². The van der Waals surface area contributed by atoms with E-state index in [1.165, 1.54) is 5.56 Å². The molecule has 3 aromatic rings. The minimum absolute atomic E-state index is 0.0411. The summed E-state index contributed by atoms with van der Waals surface area (Å²) in [6.45, 7) is 7.61. The molecule has 1 atom stereocenters. The highest BCUT2D eigenvalue weighted by atomic mass is 16.5. The van der Waals surface area contributed by atoms with Crippen molar-refractivity contribution in [2.75, 3.05) is 13.2 Å². The van der Waals surface area contributed by atoms with Crippen LogP contribution >= 0.6 is 0 Å². The molecule has 196 valence electrons. The first-order chi connectivity index (χ1) is 18.0. The largest absolute Gasteiger partial charge is 0.494 e. The summed E-state index contributed by atoms with van der Waals surface area (Å²) in [6, 6.07) is 25.4. The SMILES string of the molecule is CCCCNC(=O)C(Cc1ccccc1)N(Cc1cccc(C)c1)C(=O)CCCOc1ccc(C)cc1. The quantitative estimate of drug-likeness (QED) is 0.275. The van der Waals surface area contributed by atoms with Crippen molar-refractivity contribution in [1.29, 1.82) is 0 Å². The standard InChI is InChI=1S/C32H40N2O3/c1-4-5-20-33-32(36)30(23-27-12-7-6-8-13-27)34(24-28-14-9-11-26(3)22-28)31(35)15-10-21-37-29-18-16-25(2)17-19-29/h6-9,11-14,16-19,22,30H,4-5,10,15,20-21,23-24H2,1-3H3,(H,33,36). The third-order valence-electron chi connectivity index (χ3n) is 6.36. The molecule has 0 fully saturated rings. The van der Waals surface area contributed by atoms with Crippen molar-refractivity contribution in [1.82, 2.24) is 10.2 Å². The molecule has 3 rings (SSSR count). The van der Waals surface area contributed by atoms with Gasteiger partial charge in [-0.3, -0.25) is 9.59 Å². The Balaban J connectivity index is 1.77. The number of carbonyl (C=O) groups excluding carboxylic acids is 2. The Morgan fingerprint density at radius 2 is 1.59 bits per heavy atom. The molecule has 5 heteroatoms. The first-order valence-electron chi connectivity index (χ1n) is 13.3. The Morgan fingerprint density at radius 3 is 2.30 bits per heavy atom. The van der Waals surface area contributed by atoms with Crippen LogP contribution in [0.25, 0.3) is 0 Å². The topological polar surface area (TPSA) is 58.6 Å². The lowest BCUT2D eigenvalue weighted by molar-refractivity contribution is -0.141. The number of hydrogen-bond donors (Lipinski definition) is 1. The number of nitrogens with zero attached hydrogens (tertiary/aromatic N) is 1. The molecular weight excluding hydrogens is 460 g/mol. The molecular formula is C32H40N2O3. The van der Waals surface area contributed by atoms with Gasteiger partial charge in [0.05, 0.1) is 6.61 Å². The van der Waals surface area contributed by atoms with E-state index in [4.69, 9.17) is 4.74 Å². The number of nitrogens with one attached hydrogen (secondary N) is 1. The van der Waals surface area contributed by atoms with Gasteiger partial charge in [0.2, 0.25) is 11.8 Å². The predicted octanol–water partition coefficient (Wildman–Crippen LogP) is 6.02. The van der Waals surface area contributed by atoms with Crippen LogP contribution in [0.5, 0.6) is 5.75 Å². The molecule has 2 amide bonds. The molecule has 37 heavy (non-hydrogen) atoms. The molecule has 0 aliphatic rings. The molecule has 0 bridgehead atoms. The van der Waals surface area contributed by atoms with E-state index in [0.717, 1.165) is 35.3 Å². The van der Waals surface area contributed by atoms with Crippen LogP contribution in [0.2, 0.25) is 0 Å². The van der Waals surface area contributed by atoms with Gasteiger partial charge in [-0.2, -0.15) is 0 Å². The average molecular weight is 501 g/mol. The van der Waals surface area contributed by atoms with Gasteiger partial charge in [0, 0.05) is 25.9 Å². The van der Waals surface area contributed by atoms with E-state index in [1.54, 1.807) is 4.90 Å². The maximum Gasteiger partial charge on any atom is 0.243 e. The van der Waals surface area contributed by atoms with Crippen LogP contribution in [0.1, 0.15) is 54.9 Å². The van der Waals surface area contributed by atoms with Crippen LogP contribution < -0.4 is 10.1 Å². The lowest BCUT2D eigenvalue weighted by Crippen LogP contribution is -2.50. The van der Waals surface area contributed by atoms with Crippen molar-refractivity contribution in [2.45, 2.75) is 65.5 Å². The Hall–Kier alpha value is -3.60. The Morgan fingerprint density at radius 1 is 0.865 bits per heavy atom. The van der Waals surface area contributed by atoms with Gasteiger partial charge in [0.25, 0.3) is 0 Å².